The molecule has 0 radical (unpaired) electrons. The Morgan fingerprint density at radius 2 is 1.93 bits per heavy atom. The number of carbonyl (C=O) groups excluding carboxylic acids is 1. The summed E-state index contributed by atoms with van der Waals surface area (Å²) in [6.45, 7) is 4.14. The fourth-order valence-electron chi connectivity index (χ4n) is 2.85. The zero-order chi connectivity index (χ0) is 20.6. The highest BCUT2D eigenvalue weighted by atomic mass is 32.1. The van der Waals surface area contributed by atoms with Gasteiger partial charge < -0.3 is 15.4 Å². The van der Waals surface area contributed by atoms with Crippen LogP contribution in [0.4, 0.5) is 5.00 Å². The van der Waals surface area contributed by atoms with Gasteiger partial charge >= 0.3 is 5.97 Å². The van der Waals surface area contributed by atoms with Gasteiger partial charge in [-0.3, -0.25) is 4.98 Å². The molecule has 0 unspecified atom stereocenters. The number of thiocarbonyl (C=S) groups is 1. The maximum absolute atomic E-state index is 12.4. The number of esters is 1. The van der Waals surface area contributed by atoms with Gasteiger partial charge in [-0.15, -0.1) is 11.3 Å². The van der Waals surface area contributed by atoms with E-state index in [1.165, 1.54) is 16.9 Å². The summed E-state index contributed by atoms with van der Waals surface area (Å²) in [6.07, 6.45) is 4.24. The first-order valence-electron chi connectivity index (χ1n) is 9.38. The Kier molecular flexibility index (Phi) is 7.32. The van der Waals surface area contributed by atoms with Gasteiger partial charge in [0.25, 0.3) is 0 Å². The van der Waals surface area contributed by atoms with E-state index in [4.69, 9.17) is 17.0 Å². The van der Waals surface area contributed by atoms with Crippen LogP contribution in [-0.4, -0.2) is 22.7 Å². The van der Waals surface area contributed by atoms with Gasteiger partial charge in [0.15, 0.2) is 5.11 Å². The lowest BCUT2D eigenvalue weighted by Crippen LogP contribution is -2.31. The molecule has 0 fully saturated rings. The quantitative estimate of drug-likeness (QED) is 0.412. The molecule has 0 bridgehead atoms. The van der Waals surface area contributed by atoms with Gasteiger partial charge in [-0.2, -0.15) is 0 Å². The first kappa shape index (κ1) is 21.0. The average Bonchev–Trinajstić information content (AvgIpc) is 3.11. The third-order valence-corrected chi connectivity index (χ3v) is 5.55. The molecular formula is C22H23N3O2S2. The molecule has 0 aliphatic heterocycles. The second-order valence-corrected chi connectivity index (χ2v) is 7.98. The van der Waals surface area contributed by atoms with Gasteiger partial charge in [-0.25, -0.2) is 4.79 Å². The van der Waals surface area contributed by atoms with E-state index < -0.39 is 0 Å². The lowest BCUT2D eigenvalue weighted by molar-refractivity contribution is 0.0528. The van der Waals surface area contributed by atoms with Crippen molar-refractivity contribution in [3.05, 3.63) is 82.5 Å². The molecule has 0 saturated heterocycles. The van der Waals surface area contributed by atoms with E-state index in [-0.39, 0.29) is 12.0 Å². The minimum Gasteiger partial charge on any atom is -0.462 e. The van der Waals surface area contributed by atoms with Gasteiger partial charge in [0.2, 0.25) is 0 Å². The number of rotatable bonds is 7. The summed E-state index contributed by atoms with van der Waals surface area (Å²) in [7, 11) is 0. The Morgan fingerprint density at radius 3 is 2.62 bits per heavy atom. The van der Waals surface area contributed by atoms with E-state index in [2.05, 4.69) is 27.8 Å². The Morgan fingerprint density at radius 1 is 1.21 bits per heavy atom. The third-order valence-electron chi connectivity index (χ3n) is 4.28. The second-order valence-electron chi connectivity index (χ2n) is 6.44. The Bertz CT molecular complexity index is 959. The maximum atomic E-state index is 12.4. The van der Waals surface area contributed by atoms with Crippen molar-refractivity contribution in [2.45, 2.75) is 26.3 Å². The molecule has 7 heteroatoms. The van der Waals surface area contributed by atoms with Crippen molar-refractivity contribution < 1.29 is 9.53 Å². The first-order chi connectivity index (χ1) is 14.1. The third kappa shape index (κ3) is 5.85. The van der Waals surface area contributed by atoms with Crippen LogP contribution in [0.1, 0.15) is 46.3 Å². The van der Waals surface area contributed by atoms with Crippen molar-refractivity contribution in [2.75, 3.05) is 11.9 Å². The molecule has 0 aliphatic carbocycles. The molecule has 5 nitrogen and oxygen atoms in total. The minimum atomic E-state index is -0.351. The van der Waals surface area contributed by atoms with Crippen LogP contribution in [0.25, 0.3) is 0 Å². The summed E-state index contributed by atoms with van der Waals surface area (Å²) < 4.78 is 5.22. The Hall–Kier alpha value is -2.77. The molecule has 1 aromatic carbocycles. The van der Waals surface area contributed by atoms with E-state index in [1.807, 2.05) is 43.3 Å². The maximum Gasteiger partial charge on any atom is 0.341 e. The summed E-state index contributed by atoms with van der Waals surface area (Å²) in [5.41, 5.74) is 2.76. The van der Waals surface area contributed by atoms with Crippen molar-refractivity contribution in [1.82, 2.24) is 10.3 Å². The van der Waals surface area contributed by atoms with Crippen LogP contribution in [0.3, 0.4) is 0 Å². The van der Waals surface area contributed by atoms with E-state index in [0.29, 0.717) is 22.3 Å². The fourth-order valence-corrected chi connectivity index (χ4v) is 4.28. The predicted molar refractivity (Wildman–Crippen MR) is 122 cm³/mol. The lowest BCUT2D eigenvalue weighted by atomic mass is 10.1. The number of aromatic nitrogens is 1. The molecule has 3 aromatic rings. The lowest BCUT2D eigenvalue weighted by Gasteiger charge is -2.17. The molecule has 2 N–H and O–H groups in total. The first-order valence-corrected chi connectivity index (χ1v) is 10.6. The van der Waals surface area contributed by atoms with Crippen molar-refractivity contribution in [1.29, 1.82) is 0 Å². The van der Waals surface area contributed by atoms with Gasteiger partial charge in [0, 0.05) is 23.7 Å². The molecule has 0 amide bonds. The van der Waals surface area contributed by atoms with Crippen molar-refractivity contribution in [3.63, 3.8) is 0 Å². The molecule has 150 valence electrons. The van der Waals surface area contributed by atoms with Crippen molar-refractivity contribution >= 4 is 39.6 Å². The molecule has 2 heterocycles. The highest BCUT2D eigenvalue weighted by Crippen LogP contribution is 2.31. The summed E-state index contributed by atoms with van der Waals surface area (Å²) >= 11 is 6.99. The highest BCUT2D eigenvalue weighted by Gasteiger charge is 2.19. The van der Waals surface area contributed by atoms with E-state index >= 15 is 0 Å². The van der Waals surface area contributed by atoms with Crippen LogP contribution in [0.2, 0.25) is 0 Å². The number of pyridine rings is 1. The number of benzene rings is 1. The number of ether oxygens (including phenoxy) is 1. The number of hydrogen-bond acceptors (Lipinski definition) is 5. The smallest absolute Gasteiger partial charge is 0.341 e. The second kappa shape index (κ2) is 10.1. The minimum absolute atomic E-state index is 0.00722. The predicted octanol–water partition coefficient (Wildman–Crippen LogP) is 4.96. The fraction of sp³-hybridized carbons (Fsp3) is 0.227. The summed E-state index contributed by atoms with van der Waals surface area (Å²) in [6, 6.07) is 15.9. The van der Waals surface area contributed by atoms with Gasteiger partial charge in [-0.1, -0.05) is 30.3 Å². The number of anilines is 1. The molecule has 2 aromatic heterocycles. The average molecular weight is 426 g/mol. The highest BCUT2D eigenvalue weighted by molar-refractivity contribution is 7.80. The van der Waals surface area contributed by atoms with Gasteiger partial charge in [0.05, 0.1) is 18.2 Å². The molecule has 29 heavy (non-hydrogen) atoms. The molecule has 1 atom stereocenters. The number of nitrogens with one attached hydrogen (secondary N) is 2. The van der Waals surface area contributed by atoms with E-state index in [1.54, 1.807) is 19.3 Å². The molecule has 3 rings (SSSR count). The van der Waals surface area contributed by atoms with Gasteiger partial charge in [-0.05, 0) is 55.4 Å². The normalized spacial score (nSPS) is 11.5. The van der Waals surface area contributed by atoms with Crippen LogP contribution in [-0.2, 0) is 11.2 Å². The molecule has 0 spiro atoms. The number of nitrogens with zero attached hydrogens (tertiary/aromatic N) is 1. The summed E-state index contributed by atoms with van der Waals surface area (Å²) in [4.78, 5) is 17.5. The van der Waals surface area contributed by atoms with E-state index in [9.17, 15) is 4.79 Å². The largest absolute Gasteiger partial charge is 0.462 e. The standard InChI is InChI=1S/C22H23N3O2S2/c1-3-27-21(26)19-14-18(13-16-7-5-4-6-8-16)29-20(19)25-22(28)24-15(2)17-9-11-23-12-10-17/h4-12,14-15H,3,13H2,1-2H3,(H2,24,25,28)/t15-/m0/s1. The van der Waals surface area contributed by atoms with Crippen LogP contribution in [0.15, 0.2) is 60.9 Å². The SMILES string of the molecule is CCOC(=O)c1cc(Cc2ccccc2)sc1NC(=S)N[C@@H](C)c1ccncc1. The Labute approximate surface area is 180 Å². The van der Waals surface area contributed by atoms with Crippen molar-refractivity contribution in [3.8, 4) is 0 Å². The zero-order valence-corrected chi connectivity index (χ0v) is 18.0. The number of hydrogen-bond donors (Lipinski definition) is 2. The number of thiophene rings is 1. The van der Waals surface area contributed by atoms with Crippen LogP contribution in [0, 0.1) is 0 Å². The summed E-state index contributed by atoms with van der Waals surface area (Å²) in [5, 5.41) is 7.57. The van der Waals surface area contributed by atoms with Crippen molar-refractivity contribution in [2.24, 2.45) is 0 Å². The van der Waals surface area contributed by atoms with E-state index in [0.717, 1.165) is 16.9 Å². The number of carbonyl (C=O) groups is 1. The zero-order valence-electron chi connectivity index (χ0n) is 16.3. The van der Waals surface area contributed by atoms with Crippen LogP contribution >= 0.6 is 23.6 Å². The Balaban J connectivity index is 1.75. The summed E-state index contributed by atoms with van der Waals surface area (Å²) in [5.74, 6) is -0.351. The molecule has 0 aliphatic rings. The topological polar surface area (TPSA) is 63.2 Å². The molecule has 0 saturated carbocycles. The van der Waals surface area contributed by atoms with Gasteiger partial charge in [0.1, 0.15) is 5.00 Å². The van der Waals surface area contributed by atoms with Crippen LogP contribution < -0.4 is 10.6 Å². The molecular weight excluding hydrogens is 402 g/mol. The monoisotopic (exact) mass is 425 g/mol. The van der Waals surface area contributed by atoms with Crippen LogP contribution in [0.5, 0.6) is 0 Å².